The first kappa shape index (κ1) is 22.4. The van der Waals surface area contributed by atoms with E-state index in [9.17, 15) is 18.0 Å². The minimum Gasteiger partial charge on any atom is -0.456 e. The van der Waals surface area contributed by atoms with Gasteiger partial charge in [0.15, 0.2) is 6.61 Å². The summed E-state index contributed by atoms with van der Waals surface area (Å²) in [5, 5.41) is 2.82. The van der Waals surface area contributed by atoms with E-state index in [0.717, 1.165) is 31.2 Å². The maximum absolute atomic E-state index is 12.3. The molecule has 0 saturated heterocycles. The number of benzene rings is 1. The first-order chi connectivity index (χ1) is 13.1. The van der Waals surface area contributed by atoms with Gasteiger partial charge in [0.05, 0.1) is 11.3 Å². The monoisotopic (exact) mass is 410 g/mol. The molecular weight excluding hydrogens is 380 g/mol. The minimum absolute atomic E-state index is 0.0659. The summed E-state index contributed by atoms with van der Waals surface area (Å²) < 4.78 is 31.9. The van der Waals surface area contributed by atoms with Gasteiger partial charge in [-0.15, -0.1) is 0 Å². The Morgan fingerprint density at radius 1 is 1.11 bits per heavy atom. The van der Waals surface area contributed by atoms with Crippen LogP contribution in [0.25, 0.3) is 0 Å². The maximum atomic E-state index is 12.3. The van der Waals surface area contributed by atoms with Crippen LogP contribution < -0.4 is 10.0 Å². The summed E-state index contributed by atoms with van der Waals surface area (Å²) >= 11 is 0. The number of carbonyl (C=O) groups is 2. The fourth-order valence-electron chi connectivity index (χ4n) is 3.06. The van der Waals surface area contributed by atoms with Crippen LogP contribution in [0, 0.1) is 0 Å². The topological polar surface area (TPSA) is 102 Å². The highest BCUT2D eigenvalue weighted by Crippen LogP contribution is 2.23. The maximum Gasteiger partial charge on any atom is 0.307 e. The standard InChI is InChI=1S/C20H30N2O5S/c1-20(2,3)15-8-10-17(11-9-15)28(25,26)21-13-12-19(24)27-14-18(23)22-16-6-4-5-7-16/h8-11,16,21H,4-7,12-14H2,1-3H3,(H,22,23). The molecule has 0 bridgehead atoms. The zero-order chi connectivity index (χ0) is 20.8. The van der Waals surface area contributed by atoms with E-state index in [1.165, 1.54) is 0 Å². The van der Waals surface area contributed by atoms with E-state index in [1.54, 1.807) is 24.3 Å². The van der Waals surface area contributed by atoms with Crippen LogP contribution in [-0.4, -0.2) is 39.5 Å². The van der Waals surface area contributed by atoms with Crippen LogP contribution in [-0.2, 0) is 29.8 Å². The summed E-state index contributed by atoms with van der Waals surface area (Å²) in [7, 11) is -3.70. The van der Waals surface area contributed by atoms with Crippen LogP contribution in [0.2, 0.25) is 0 Å². The number of esters is 1. The second-order valence-corrected chi connectivity index (χ2v) is 9.90. The molecule has 1 aliphatic carbocycles. The minimum atomic E-state index is -3.70. The van der Waals surface area contributed by atoms with Crippen LogP contribution in [0.15, 0.2) is 29.2 Å². The molecule has 1 saturated carbocycles. The number of hydrogen-bond acceptors (Lipinski definition) is 5. The Bertz CT molecular complexity index is 776. The zero-order valence-electron chi connectivity index (χ0n) is 16.8. The molecule has 2 rings (SSSR count). The molecule has 1 aromatic carbocycles. The van der Waals surface area contributed by atoms with Crippen molar-refractivity contribution < 1.29 is 22.7 Å². The fourth-order valence-corrected chi connectivity index (χ4v) is 4.09. The molecule has 0 atom stereocenters. The van der Waals surface area contributed by atoms with Crippen molar-refractivity contribution in [3.63, 3.8) is 0 Å². The van der Waals surface area contributed by atoms with Gasteiger partial charge < -0.3 is 10.1 Å². The SMILES string of the molecule is CC(C)(C)c1ccc(S(=O)(=O)NCCC(=O)OCC(=O)NC2CCCC2)cc1. The number of sulfonamides is 1. The average molecular weight is 411 g/mol. The van der Waals surface area contributed by atoms with Crippen LogP contribution >= 0.6 is 0 Å². The van der Waals surface area contributed by atoms with Crippen molar-refractivity contribution in [3.05, 3.63) is 29.8 Å². The molecule has 1 amide bonds. The lowest BCUT2D eigenvalue weighted by atomic mass is 9.87. The van der Waals surface area contributed by atoms with Crippen molar-refractivity contribution in [3.8, 4) is 0 Å². The summed E-state index contributed by atoms with van der Waals surface area (Å²) in [5.74, 6) is -0.938. The molecule has 1 aliphatic rings. The van der Waals surface area contributed by atoms with Gasteiger partial charge in [0.2, 0.25) is 10.0 Å². The van der Waals surface area contributed by atoms with Gasteiger partial charge in [-0.05, 0) is 36.0 Å². The van der Waals surface area contributed by atoms with Gasteiger partial charge in [-0.1, -0.05) is 45.7 Å². The van der Waals surface area contributed by atoms with Crippen molar-refractivity contribution in [2.75, 3.05) is 13.2 Å². The quantitative estimate of drug-likeness (QED) is 0.640. The van der Waals surface area contributed by atoms with Crippen LogP contribution in [0.1, 0.15) is 58.4 Å². The lowest BCUT2D eigenvalue weighted by Crippen LogP contribution is -2.36. The lowest BCUT2D eigenvalue weighted by molar-refractivity contribution is -0.148. The Hall–Kier alpha value is -1.93. The zero-order valence-corrected chi connectivity index (χ0v) is 17.6. The normalized spacial score (nSPS) is 15.4. The summed E-state index contributed by atoms with van der Waals surface area (Å²) in [5.41, 5.74) is 0.967. The molecule has 0 aromatic heterocycles. The van der Waals surface area contributed by atoms with Gasteiger partial charge in [-0.3, -0.25) is 9.59 Å². The van der Waals surface area contributed by atoms with E-state index < -0.39 is 16.0 Å². The Labute approximate surface area is 167 Å². The third kappa shape index (κ3) is 6.91. The number of amides is 1. The third-order valence-electron chi connectivity index (χ3n) is 4.74. The van der Waals surface area contributed by atoms with Crippen molar-refractivity contribution in [1.29, 1.82) is 0 Å². The highest BCUT2D eigenvalue weighted by atomic mass is 32.2. The summed E-state index contributed by atoms with van der Waals surface area (Å²) in [6, 6.07) is 6.84. The van der Waals surface area contributed by atoms with Crippen molar-refractivity contribution in [2.24, 2.45) is 0 Å². The van der Waals surface area contributed by atoms with E-state index in [-0.39, 0.29) is 41.8 Å². The van der Waals surface area contributed by atoms with Crippen LogP contribution in [0.4, 0.5) is 0 Å². The smallest absolute Gasteiger partial charge is 0.307 e. The molecule has 0 spiro atoms. The molecular formula is C20H30N2O5S. The fraction of sp³-hybridized carbons (Fsp3) is 0.600. The number of rotatable bonds is 8. The van der Waals surface area contributed by atoms with E-state index in [2.05, 4.69) is 10.0 Å². The highest BCUT2D eigenvalue weighted by Gasteiger charge is 2.19. The molecule has 0 unspecified atom stereocenters. The number of ether oxygens (including phenoxy) is 1. The van der Waals surface area contributed by atoms with Crippen molar-refractivity contribution in [2.45, 2.75) is 69.2 Å². The number of nitrogens with one attached hydrogen (secondary N) is 2. The Kier molecular flexibility index (Phi) is 7.60. The first-order valence-electron chi connectivity index (χ1n) is 9.63. The summed E-state index contributed by atoms with van der Waals surface area (Å²) in [4.78, 5) is 23.6. The summed E-state index contributed by atoms with van der Waals surface area (Å²) in [6.07, 6.45) is 3.97. The first-order valence-corrected chi connectivity index (χ1v) is 11.1. The highest BCUT2D eigenvalue weighted by molar-refractivity contribution is 7.89. The predicted octanol–water partition coefficient (Wildman–Crippen LogP) is 2.25. The number of hydrogen-bond donors (Lipinski definition) is 2. The Morgan fingerprint density at radius 2 is 1.71 bits per heavy atom. The van der Waals surface area contributed by atoms with Gasteiger partial charge in [0.25, 0.3) is 5.91 Å². The molecule has 8 heteroatoms. The van der Waals surface area contributed by atoms with E-state index in [4.69, 9.17) is 4.74 Å². The van der Waals surface area contributed by atoms with Crippen molar-refractivity contribution >= 4 is 21.9 Å². The second-order valence-electron chi connectivity index (χ2n) is 8.13. The van der Waals surface area contributed by atoms with Gasteiger partial charge in [0.1, 0.15) is 0 Å². The molecule has 2 N–H and O–H groups in total. The molecule has 156 valence electrons. The Morgan fingerprint density at radius 3 is 2.29 bits per heavy atom. The largest absolute Gasteiger partial charge is 0.456 e. The molecule has 0 radical (unpaired) electrons. The van der Waals surface area contributed by atoms with Gasteiger partial charge in [0, 0.05) is 12.6 Å². The molecule has 1 aromatic rings. The van der Waals surface area contributed by atoms with E-state index in [1.807, 2.05) is 20.8 Å². The van der Waals surface area contributed by atoms with Gasteiger partial charge >= 0.3 is 5.97 Å². The molecule has 28 heavy (non-hydrogen) atoms. The van der Waals surface area contributed by atoms with Gasteiger partial charge in [-0.2, -0.15) is 0 Å². The van der Waals surface area contributed by atoms with E-state index >= 15 is 0 Å². The predicted molar refractivity (Wildman–Crippen MR) is 106 cm³/mol. The lowest BCUT2D eigenvalue weighted by Gasteiger charge is -2.19. The average Bonchev–Trinajstić information content (AvgIpc) is 3.12. The van der Waals surface area contributed by atoms with E-state index in [0.29, 0.717) is 0 Å². The Balaban J connectivity index is 1.73. The van der Waals surface area contributed by atoms with Crippen LogP contribution in [0.5, 0.6) is 0 Å². The van der Waals surface area contributed by atoms with Crippen LogP contribution in [0.3, 0.4) is 0 Å². The molecule has 7 nitrogen and oxygen atoms in total. The molecule has 0 heterocycles. The van der Waals surface area contributed by atoms with Crippen molar-refractivity contribution in [1.82, 2.24) is 10.0 Å². The third-order valence-corrected chi connectivity index (χ3v) is 6.21. The molecule has 0 aliphatic heterocycles. The van der Waals surface area contributed by atoms with Gasteiger partial charge in [-0.25, -0.2) is 13.1 Å². The number of carbonyl (C=O) groups excluding carboxylic acids is 2. The molecule has 1 fully saturated rings. The summed E-state index contributed by atoms with van der Waals surface area (Å²) in [6.45, 7) is 5.72. The second kappa shape index (κ2) is 9.52.